The molecule has 0 amide bonds. The number of carbonyl (C=O) groups is 1. The van der Waals surface area contributed by atoms with Crippen molar-refractivity contribution in [1.82, 2.24) is 4.98 Å². The van der Waals surface area contributed by atoms with Crippen LogP contribution in [0.1, 0.15) is 23.7 Å². The maximum atomic E-state index is 11.5. The van der Waals surface area contributed by atoms with E-state index in [0.717, 1.165) is 10.9 Å². The van der Waals surface area contributed by atoms with E-state index in [4.69, 9.17) is 0 Å². The van der Waals surface area contributed by atoms with Crippen LogP contribution in [0.25, 0.3) is 10.9 Å². The molecular weight excluding hydrogens is 178 g/mol. The molecule has 2 aromatic rings. The van der Waals surface area contributed by atoms with Crippen LogP contribution in [-0.4, -0.2) is 15.9 Å². The number of hydrogen-bond acceptors (Lipinski definition) is 2. The monoisotopic (exact) mass is 189 g/mol. The molecule has 1 aromatic heterocycles. The van der Waals surface area contributed by atoms with Gasteiger partial charge in [-0.25, -0.2) is 0 Å². The summed E-state index contributed by atoms with van der Waals surface area (Å²) in [6.45, 7) is 1.78. The Morgan fingerprint density at radius 1 is 1.43 bits per heavy atom. The minimum Gasteiger partial charge on any atom is -0.494 e. The lowest BCUT2D eigenvalue weighted by Crippen LogP contribution is -1.94. The van der Waals surface area contributed by atoms with Crippen molar-refractivity contribution in [3.05, 3.63) is 29.8 Å². The van der Waals surface area contributed by atoms with Gasteiger partial charge in [0.05, 0.1) is 5.56 Å². The summed E-state index contributed by atoms with van der Waals surface area (Å²) >= 11 is 0. The van der Waals surface area contributed by atoms with Crippen molar-refractivity contribution in [2.45, 2.75) is 13.3 Å². The number of carbonyl (C=O) groups excluding carboxylic acids is 1. The van der Waals surface area contributed by atoms with Gasteiger partial charge in [-0.2, -0.15) is 0 Å². The van der Waals surface area contributed by atoms with Crippen LogP contribution in [-0.2, 0) is 0 Å². The quantitative estimate of drug-likeness (QED) is 0.713. The second kappa shape index (κ2) is 3.18. The summed E-state index contributed by atoms with van der Waals surface area (Å²) < 4.78 is 0. The van der Waals surface area contributed by atoms with Crippen LogP contribution in [0.5, 0.6) is 5.88 Å². The van der Waals surface area contributed by atoms with Crippen LogP contribution in [0, 0.1) is 0 Å². The highest BCUT2D eigenvalue weighted by Gasteiger charge is 2.15. The molecule has 3 nitrogen and oxygen atoms in total. The van der Waals surface area contributed by atoms with Gasteiger partial charge >= 0.3 is 0 Å². The van der Waals surface area contributed by atoms with E-state index in [1.165, 1.54) is 0 Å². The van der Waals surface area contributed by atoms with Crippen molar-refractivity contribution in [3.63, 3.8) is 0 Å². The molecule has 72 valence electrons. The Morgan fingerprint density at radius 2 is 2.14 bits per heavy atom. The molecule has 2 rings (SSSR count). The molecule has 1 heterocycles. The molecule has 0 radical (unpaired) electrons. The number of hydrogen-bond donors (Lipinski definition) is 2. The first-order valence-corrected chi connectivity index (χ1v) is 4.57. The highest BCUT2D eigenvalue weighted by molar-refractivity contribution is 6.10. The van der Waals surface area contributed by atoms with Crippen LogP contribution < -0.4 is 0 Å². The lowest BCUT2D eigenvalue weighted by Gasteiger charge is -1.95. The smallest absolute Gasteiger partial charge is 0.200 e. The fraction of sp³-hybridized carbons (Fsp3) is 0.182. The highest BCUT2D eigenvalue weighted by Crippen LogP contribution is 2.27. The SMILES string of the molecule is CCC(=O)c1c(O)[nH]c2ccccc12. The molecule has 0 aliphatic heterocycles. The zero-order valence-corrected chi connectivity index (χ0v) is 7.87. The summed E-state index contributed by atoms with van der Waals surface area (Å²) in [6.07, 6.45) is 0.398. The van der Waals surface area contributed by atoms with E-state index < -0.39 is 0 Å². The lowest BCUT2D eigenvalue weighted by molar-refractivity contribution is 0.0987. The predicted octanol–water partition coefficient (Wildman–Crippen LogP) is 2.47. The van der Waals surface area contributed by atoms with E-state index in [2.05, 4.69) is 4.98 Å². The largest absolute Gasteiger partial charge is 0.494 e. The summed E-state index contributed by atoms with van der Waals surface area (Å²) in [5, 5.41) is 10.3. The maximum Gasteiger partial charge on any atom is 0.200 e. The van der Waals surface area contributed by atoms with Gasteiger partial charge in [0, 0.05) is 17.3 Å². The summed E-state index contributed by atoms with van der Waals surface area (Å²) in [4.78, 5) is 14.3. The average molecular weight is 189 g/mol. The Balaban J connectivity index is 2.74. The minimum atomic E-state index is -0.0417. The Kier molecular flexibility index (Phi) is 2.00. The molecule has 0 fully saturated rings. The number of ketones is 1. The van der Waals surface area contributed by atoms with Gasteiger partial charge in [0.2, 0.25) is 5.88 Å². The van der Waals surface area contributed by atoms with Gasteiger partial charge in [-0.3, -0.25) is 4.79 Å². The normalized spacial score (nSPS) is 10.6. The van der Waals surface area contributed by atoms with Crippen LogP contribution >= 0.6 is 0 Å². The number of Topliss-reactive ketones (excluding diaryl/α,β-unsaturated/α-hetero) is 1. The second-order valence-corrected chi connectivity index (χ2v) is 3.17. The zero-order chi connectivity index (χ0) is 10.1. The molecule has 0 aliphatic carbocycles. The number of aromatic hydroxyl groups is 1. The Hall–Kier alpha value is -1.77. The molecule has 2 N–H and O–H groups in total. The molecule has 0 atom stereocenters. The van der Waals surface area contributed by atoms with Crippen molar-refractivity contribution >= 4 is 16.7 Å². The maximum absolute atomic E-state index is 11.5. The van der Waals surface area contributed by atoms with Gasteiger partial charge in [-0.05, 0) is 6.07 Å². The van der Waals surface area contributed by atoms with Crippen LogP contribution in [0.3, 0.4) is 0 Å². The van der Waals surface area contributed by atoms with Crippen LogP contribution in [0.4, 0.5) is 0 Å². The van der Waals surface area contributed by atoms with E-state index in [9.17, 15) is 9.90 Å². The Morgan fingerprint density at radius 3 is 2.86 bits per heavy atom. The number of H-pyrrole nitrogens is 1. The number of aromatic nitrogens is 1. The summed E-state index contributed by atoms with van der Waals surface area (Å²) in [7, 11) is 0. The third-order valence-electron chi connectivity index (χ3n) is 2.29. The van der Waals surface area contributed by atoms with Gasteiger partial charge in [0.15, 0.2) is 5.78 Å². The predicted molar refractivity (Wildman–Crippen MR) is 54.6 cm³/mol. The van der Waals surface area contributed by atoms with Crippen molar-refractivity contribution in [3.8, 4) is 5.88 Å². The van der Waals surface area contributed by atoms with E-state index >= 15 is 0 Å². The summed E-state index contributed by atoms with van der Waals surface area (Å²) in [6, 6.07) is 7.37. The minimum absolute atomic E-state index is 0.0296. The van der Waals surface area contributed by atoms with Crippen molar-refractivity contribution in [2.75, 3.05) is 0 Å². The summed E-state index contributed by atoms with van der Waals surface area (Å²) in [5.41, 5.74) is 1.20. The van der Waals surface area contributed by atoms with E-state index in [1.54, 1.807) is 6.92 Å². The molecule has 0 spiro atoms. The van der Waals surface area contributed by atoms with Crippen molar-refractivity contribution in [2.24, 2.45) is 0 Å². The number of para-hydroxylation sites is 1. The molecule has 0 saturated heterocycles. The molecule has 0 unspecified atom stereocenters. The van der Waals surface area contributed by atoms with E-state index in [-0.39, 0.29) is 11.7 Å². The van der Waals surface area contributed by atoms with Gasteiger partial charge in [0.1, 0.15) is 0 Å². The Bertz CT molecular complexity index is 485. The van der Waals surface area contributed by atoms with Gasteiger partial charge < -0.3 is 10.1 Å². The topological polar surface area (TPSA) is 53.1 Å². The second-order valence-electron chi connectivity index (χ2n) is 3.17. The van der Waals surface area contributed by atoms with E-state index in [1.807, 2.05) is 24.3 Å². The van der Waals surface area contributed by atoms with Crippen LogP contribution in [0.15, 0.2) is 24.3 Å². The molecule has 0 bridgehead atoms. The molecule has 14 heavy (non-hydrogen) atoms. The molecule has 1 aromatic carbocycles. The van der Waals surface area contributed by atoms with Crippen LogP contribution in [0.2, 0.25) is 0 Å². The Labute approximate surface area is 81.4 Å². The number of nitrogens with one attached hydrogen (secondary N) is 1. The molecule has 3 heteroatoms. The lowest BCUT2D eigenvalue weighted by atomic mass is 10.1. The fourth-order valence-corrected chi connectivity index (χ4v) is 1.59. The first kappa shape index (κ1) is 8.81. The number of aromatic amines is 1. The zero-order valence-electron chi connectivity index (χ0n) is 7.87. The molecule has 0 saturated carbocycles. The number of fused-ring (bicyclic) bond motifs is 1. The van der Waals surface area contributed by atoms with Gasteiger partial charge in [0.25, 0.3) is 0 Å². The number of benzene rings is 1. The highest BCUT2D eigenvalue weighted by atomic mass is 16.3. The third kappa shape index (κ3) is 1.18. The first-order chi connectivity index (χ1) is 6.74. The number of rotatable bonds is 2. The van der Waals surface area contributed by atoms with Gasteiger partial charge in [-0.1, -0.05) is 25.1 Å². The average Bonchev–Trinajstić information content (AvgIpc) is 2.53. The van der Waals surface area contributed by atoms with Gasteiger partial charge in [-0.15, -0.1) is 0 Å². The summed E-state index contributed by atoms with van der Waals surface area (Å²) in [5.74, 6) is -0.0713. The van der Waals surface area contributed by atoms with Crippen molar-refractivity contribution < 1.29 is 9.90 Å². The molecular formula is C11H11NO2. The fourth-order valence-electron chi connectivity index (χ4n) is 1.59. The van der Waals surface area contributed by atoms with Crippen molar-refractivity contribution in [1.29, 1.82) is 0 Å². The first-order valence-electron chi connectivity index (χ1n) is 4.57. The third-order valence-corrected chi connectivity index (χ3v) is 2.29. The van der Waals surface area contributed by atoms with E-state index in [0.29, 0.717) is 12.0 Å². The standard InChI is InChI=1S/C11H11NO2/c1-2-9(13)10-7-5-3-4-6-8(7)12-11(10)14/h3-6,12,14H,2H2,1H3. The molecule has 0 aliphatic rings.